The van der Waals surface area contributed by atoms with Crippen molar-refractivity contribution in [3.05, 3.63) is 101 Å². The van der Waals surface area contributed by atoms with Gasteiger partial charge in [0.15, 0.2) is 0 Å². The summed E-state index contributed by atoms with van der Waals surface area (Å²) in [5.41, 5.74) is 7.80. The Labute approximate surface area is 269 Å². The Hall–Kier alpha value is -4.48. The van der Waals surface area contributed by atoms with Crippen LogP contribution in [0.3, 0.4) is 0 Å². The molecule has 1 fully saturated rings. The monoisotopic (exact) mass is 642 g/mol. The first-order valence-electron chi connectivity index (χ1n) is 15.5. The molecule has 46 heavy (non-hydrogen) atoms. The zero-order valence-electron chi connectivity index (χ0n) is 26.0. The van der Waals surface area contributed by atoms with Crippen LogP contribution in [0.15, 0.2) is 73.1 Å². The zero-order chi connectivity index (χ0) is 32.4. The van der Waals surface area contributed by atoms with Crippen molar-refractivity contribution in [1.29, 1.82) is 0 Å². The minimum Gasteiger partial charge on any atom is -0.493 e. The predicted molar refractivity (Wildman–Crippen MR) is 176 cm³/mol. The minimum absolute atomic E-state index is 0.117. The van der Waals surface area contributed by atoms with Crippen LogP contribution < -0.4 is 15.0 Å². The Kier molecular flexibility index (Phi) is 8.97. The van der Waals surface area contributed by atoms with Gasteiger partial charge < -0.3 is 15.0 Å². The third-order valence-corrected chi connectivity index (χ3v) is 9.58. The van der Waals surface area contributed by atoms with E-state index in [0.29, 0.717) is 43.4 Å². The molecule has 0 bridgehead atoms. The fourth-order valence-electron chi connectivity index (χ4n) is 6.21. The van der Waals surface area contributed by atoms with E-state index in [9.17, 15) is 18.0 Å². The van der Waals surface area contributed by atoms with Gasteiger partial charge in [-0.2, -0.15) is 13.5 Å². The van der Waals surface area contributed by atoms with Crippen LogP contribution in [0.25, 0.3) is 11.1 Å². The molecule has 2 heterocycles. The number of aryl methyl sites for hydroxylation is 1. The number of nitrogens with one attached hydrogen (secondary N) is 1. The van der Waals surface area contributed by atoms with Gasteiger partial charge in [-0.3, -0.25) is 18.8 Å². The van der Waals surface area contributed by atoms with Gasteiger partial charge in [0.05, 0.1) is 25.1 Å². The molecule has 0 spiro atoms. The third-order valence-electron chi connectivity index (χ3n) is 8.86. The lowest BCUT2D eigenvalue weighted by atomic mass is 9.92. The van der Waals surface area contributed by atoms with E-state index >= 15 is 0 Å². The van der Waals surface area contributed by atoms with Crippen LogP contribution in [0.4, 0.5) is 5.69 Å². The number of hydrogen-bond acceptors (Lipinski definition) is 6. The van der Waals surface area contributed by atoms with Gasteiger partial charge in [-0.15, -0.1) is 0 Å². The average molecular weight is 643 g/mol. The van der Waals surface area contributed by atoms with Gasteiger partial charge in [0.25, 0.3) is 16.0 Å². The number of carbonyl (C=O) groups excluding carboxylic acids is 2. The number of fused-ring (bicyclic) bond motifs is 3. The number of hydrogen-bond donors (Lipinski definition) is 2. The molecule has 2 N–H and O–H groups in total. The Bertz CT molecular complexity index is 1890. The maximum absolute atomic E-state index is 13.5. The predicted octanol–water partition coefficient (Wildman–Crippen LogP) is 5.14. The molecule has 1 aliphatic carbocycles. The minimum atomic E-state index is -4.15. The lowest BCUT2D eigenvalue weighted by molar-refractivity contribution is -0.119. The van der Waals surface area contributed by atoms with Crippen molar-refractivity contribution >= 4 is 27.6 Å². The second kappa shape index (κ2) is 13.1. The molecule has 1 aromatic heterocycles. The Morgan fingerprint density at radius 2 is 1.89 bits per heavy atom. The molecular formula is C35H38N4O6S. The molecular weight excluding hydrogens is 604 g/mol. The van der Waals surface area contributed by atoms with Crippen molar-refractivity contribution < 1.29 is 27.3 Å². The molecule has 4 aromatic rings. The first-order chi connectivity index (χ1) is 22.1. The largest absolute Gasteiger partial charge is 0.493 e. The first-order valence-corrected chi connectivity index (χ1v) is 17.2. The van der Waals surface area contributed by atoms with E-state index in [0.717, 1.165) is 46.7 Å². The van der Waals surface area contributed by atoms with Crippen LogP contribution in [0, 0.1) is 19.8 Å². The molecule has 11 heteroatoms. The molecule has 10 nitrogen and oxygen atoms in total. The lowest BCUT2D eigenvalue weighted by Crippen LogP contribution is -2.36. The van der Waals surface area contributed by atoms with Crippen LogP contribution in [-0.2, 0) is 21.5 Å². The summed E-state index contributed by atoms with van der Waals surface area (Å²) in [6.07, 6.45) is 5.95. The molecule has 2 amide bonds. The van der Waals surface area contributed by atoms with Gasteiger partial charge in [0.2, 0.25) is 5.91 Å². The highest BCUT2D eigenvalue weighted by Crippen LogP contribution is 2.57. The van der Waals surface area contributed by atoms with Crippen molar-refractivity contribution in [3.63, 3.8) is 0 Å². The number of ether oxygens (including phenoxy) is 1. The van der Waals surface area contributed by atoms with Gasteiger partial charge in [-0.1, -0.05) is 36.4 Å². The Morgan fingerprint density at radius 3 is 2.72 bits per heavy atom. The summed E-state index contributed by atoms with van der Waals surface area (Å²) in [6, 6.07) is 19.2. The van der Waals surface area contributed by atoms with E-state index in [-0.39, 0.29) is 12.5 Å². The van der Waals surface area contributed by atoms with Gasteiger partial charge in [0.1, 0.15) is 5.75 Å². The molecule has 0 saturated heterocycles. The SMILES string of the molecule is Cc1cccc(OCCCC(=O)N2C[C@H]3CC3c3c(-c4cnn(Cc5cccc(C(=O)NCCS(=O)(=O)O)c5)c4)cccc32)c1C. The van der Waals surface area contributed by atoms with Crippen molar-refractivity contribution in [3.8, 4) is 16.9 Å². The highest BCUT2D eigenvalue weighted by Gasteiger charge is 2.47. The van der Waals surface area contributed by atoms with Crippen molar-refractivity contribution in [2.75, 3.05) is 30.3 Å². The molecule has 2 atom stereocenters. The Morgan fingerprint density at radius 1 is 1.09 bits per heavy atom. The molecule has 6 rings (SSSR count). The summed E-state index contributed by atoms with van der Waals surface area (Å²) in [6.45, 7) is 5.60. The summed E-state index contributed by atoms with van der Waals surface area (Å²) < 4.78 is 38.6. The average Bonchev–Trinajstić information content (AvgIpc) is 3.68. The fourth-order valence-corrected chi connectivity index (χ4v) is 6.57. The quantitative estimate of drug-likeness (QED) is 0.162. The van der Waals surface area contributed by atoms with Crippen molar-refractivity contribution in [2.45, 2.75) is 45.6 Å². The number of amides is 2. The van der Waals surface area contributed by atoms with Crippen molar-refractivity contribution in [1.82, 2.24) is 15.1 Å². The number of carbonyl (C=O) groups is 2. The summed E-state index contributed by atoms with van der Waals surface area (Å²) in [4.78, 5) is 27.9. The lowest BCUT2D eigenvalue weighted by Gasteiger charge is -2.30. The third kappa shape index (κ3) is 7.16. The van der Waals surface area contributed by atoms with E-state index in [2.05, 4.69) is 35.5 Å². The molecule has 240 valence electrons. The highest BCUT2D eigenvalue weighted by atomic mass is 32.2. The van der Waals surface area contributed by atoms with E-state index in [1.54, 1.807) is 18.2 Å². The molecule has 1 unspecified atom stereocenters. The molecule has 0 radical (unpaired) electrons. The number of anilines is 1. The standard InChI is InChI=1S/C35H38N4O6S/c1-23-7-3-12-32(24(23)2)45-15-6-13-33(40)39-22-27-18-30(27)34-29(10-5-11-31(34)39)28-19-37-38(21-28)20-25-8-4-9-26(17-25)35(41)36-14-16-46(42,43)44/h3-5,7-12,17,19,21,27,30H,6,13-16,18,20,22H2,1-2H3,(H,36,41)(H,42,43,44)/t27-,30?/m1/s1. The van der Waals surface area contributed by atoms with Gasteiger partial charge in [-0.05, 0) is 90.6 Å². The van der Waals surface area contributed by atoms with Gasteiger partial charge in [0, 0.05) is 42.5 Å². The first kappa shape index (κ1) is 31.5. The molecule has 2 aliphatic rings. The van der Waals surface area contributed by atoms with Crippen LogP contribution >= 0.6 is 0 Å². The van der Waals surface area contributed by atoms with E-state index in [1.807, 2.05) is 53.2 Å². The maximum atomic E-state index is 13.5. The van der Waals surface area contributed by atoms with Crippen LogP contribution in [-0.4, -0.2) is 60.0 Å². The smallest absolute Gasteiger partial charge is 0.266 e. The fraction of sp³-hybridized carbons (Fsp3) is 0.343. The topological polar surface area (TPSA) is 131 Å². The number of aromatic nitrogens is 2. The van der Waals surface area contributed by atoms with E-state index in [4.69, 9.17) is 9.29 Å². The highest BCUT2D eigenvalue weighted by molar-refractivity contribution is 7.85. The molecule has 1 aliphatic heterocycles. The van der Waals surface area contributed by atoms with Gasteiger partial charge >= 0.3 is 0 Å². The summed E-state index contributed by atoms with van der Waals surface area (Å²) >= 11 is 0. The second-order valence-corrected chi connectivity index (χ2v) is 13.7. The summed E-state index contributed by atoms with van der Waals surface area (Å²) in [5.74, 6) is 0.913. The summed E-state index contributed by atoms with van der Waals surface area (Å²) in [7, 11) is -4.15. The van der Waals surface area contributed by atoms with Crippen LogP contribution in [0.1, 0.15) is 57.8 Å². The van der Waals surface area contributed by atoms with Crippen LogP contribution in [0.5, 0.6) is 5.75 Å². The van der Waals surface area contributed by atoms with Gasteiger partial charge in [-0.25, -0.2) is 0 Å². The number of nitrogens with zero attached hydrogens (tertiary/aromatic N) is 3. The normalized spacial score (nSPS) is 16.8. The van der Waals surface area contributed by atoms with E-state index < -0.39 is 21.8 Å². The molecule has 3 aromatic carbocycles. The zero-order valence-corrected chi connectivity index (χ0v) is 26.8. The van der Waals surface area contributed by atoms with Crippen LogP contribution in [0.2, 0.25) is 0 Å². The number of benzene rings is 3. The summed E-state index contributed by atoms with van der Waals surface area (Å²) in [5, 5.41) is 7.10. The maximum Gasteiger partial charge on any atom is 0.266 e. The van der Waals surface area contributed by atoms with E-state index in [1.165, 1.54) is 11.1 Å². The Balaban J connectivity index is 1.12. The second-order valence-electron chi connectivity index (χ2n) is 12.2. The van der Waals surface area contributed by atoms with Crippen molar-refractivity contribution in [2.24, 2.45) is 5.92 Å². The molecule has 1 saturated carbocycles. The number of rotatable bonds is 12.